The lowest BCUT2D eigenvalue weighted by Gasteiger charge is -2.18. The zero-order valence-corrected chi connectivity index (χ0v) is 23.8. The first-order chi connectivity index (χ1) is 17.5. The van der Waals surface area contributed by atoms with Gasteiger partial charge in [-0.1, -0.05) is 76.8 Å². The number of nitrogens with one attached hydrogen (secondary N) is 1. The van der Waals surface area contributed by atoms with Crippen LogP contribution in [0.25, 0.3) is 0 Å². The smallest absolute Gasteiger partial charge is 0.329 e. The summed E-state index contributed by atoms with van der Waals surface area (Å²) in [6.07, 6.45) is 15.8. The van der Waals surface area contributed by atoms with E-state index >= 15 is 0 Å². The number of quaternary nitrogens is 1. The second kappa shape index (κ2) is 22.9. The normalized spacial score (nSPS) is 13.0. The average Bonchev–Trinajstić information content (AvgIpc) is 2.87. The minimum Gasteiger partial charge on any atom is -0.490 e. The molecular formula is C28H51NO6P+. The SMILES string of the molecule is CCCCCCCCCCCCc1ccc(OCC(COP(O)OCCCC[NH+](C)C)OC=O)cc1. The summed E-state index contributed by atoms with van der Waals surface area (Å²) in [7, 11) is 2.21. The number of rotatable bonds is 25. The fourth-order valence-electron chi connectivity index (χ4n) is 3.87. The van der Waals surface area contributed by atoms with Crippen LogP contribution in [0.2, 0.25) is 0 Å². The van der Waals surface area contributed by atoms with Crippen molar-refractivity contribution in [3.63, 3.8) is 0 Å². The number of hydrogen-bond acceptors (Lipinski definition) is 6. The molecule has 0 heterocycles. The summed E-state index contributed by atoms with van der Waals surface area (Å²) in [5.41, 5.74) is 1.31. The van der Waals surface area contributed by atoms with Gasteiger partial charge in [-0.3, -0.25) is 4.79 Å². The Balaban J connectivity index is 2.17. The Morgan fingerprint density at radius 3 is 2.11 bits per heavy atom. The van der Waals surface area contributed by atoms with Gasteiger partial charge < -0.3 is 28.3 Å². The Morgan fingerprint density at radius 2 is 1.50 bits per heavy atom. The monoisotopic (exact) mass is 528 g/mol. The standard InChI is InChI=1S/C28H50NO6P/c1-4-5-6-7-8-9-10-11-12-13-16-26-17-19-27(20-18-26)32-23-28(33-25-30)24-35-36(31)34-22-15-14-21-29(2)3/h17-20,25,28,31H,4-16,21-24H2,1-3H3/p+1. The Labute approximate surface area is 220 Å². The Kier molecular flexibility index (Phi) is 20.9. The molecule has 1 aromatic rings. The highest BCUT2D eigenvalue weighted by atomic mass is 31.2. The van der Waals surface area contributed by atoms with Crippen LogP contribution in [0, 0.1) is 0 Å². The average molecular weight is 529 g/mol. The molecule has 0 aromatic heterocycles. The molecular weight excluding hydrogens is 477 g/mol. The van der Waals surface area contributed by atoms with Gasteiger partial charge in [0.2, 0.25) is 0 Å². The fourth-order valence-corrected chi connectivity index (χ4v) is 4.52. The summed E-state index contributed by atoms with van der Waals surface area (Å²) in [5, 5.41) is 0. The van der Waals surface area contributed by atoms with Gasteiger partial charge >= 0.3 is 8.60 Å². The molecule has 1 aromatic carbocycles. The number of benzene rings is 1. The van der Waals surface area contributed by atoms with Crippen LogP contribution in [-0.4, -0.2) is 57.9 Å². The van der Waals surface area contributed by atoms with E-state index in [0.717, 1.165) is 25.8 Å². The van der Waals surface area contributed by atoms with Crippen molar-refractivity contribution in [2.45, 2.75) is 96.5 Å². The van der Waals surface area contributed by atoms with E-state index in [4.69, 9.17) is 18.5 Å². The van der Waals surface area contributed by atoms with Gasteiger partial charge in [0.15, 0.2) is 6.10 Å². The van der Waals surface area contributed by atoms with Gasteiger partial charge in [0, 0.05) is 0 Å². The molecule has 0 radical (unpaired) electrons. The summed E-state index contributed by atoms with van der Waals surface area (Å²) in [5.74, 6) is 0.715. The molecule has 208 valence electrons. The first kappa shape index (κ1) is 32.8. The highest BCUT2D eigenvalue weighted by molar-refractivity contribution is 7.40. The van der Waals surface area contributed by atoms with Crippen molar-refractivity contribution in [1.82, 2.24) is 0 Å². The minimum atomic E-state index is -2.00. The van der Waals surface area contributed by atoms with Gasteiger partial charge in [0.1, 0.15) is 12.4 Å². The van der Waals surface area contributed by atoms with E-state index in [9.17, 15) is 9.69 Å². The van der Waals surface area contributed by atoms with Gasteiger partial charge in [0.05, 0.1) is 33.9 Å². The Morgan fingerprint density at radius 1 is 0.861 bits per heavy atom. The first-order valence-electron chi connectivity index (χ1n) is 13.9. The van der Waals surface area contributed by atoms with E-state index < -0.39 is 14.7 Å². The van der Waals surface area contributed by atoms with Crippen LogP contribution in [0.4, 0.5) is 0 Å². The predicted octanol–water partition coefficient (Wildman–Crippen LogP) is 5.25. The lowest BCUT2D eigenvalue weighted by molar-refractivity contribution is -0.858. The zero-order valence-electron chi connectivity index (χ0n) is 22.9. The number of aryl methyl sites for hydroxylation is 1. The van der Waals surface area contributed by atoms with Gasteiger partial charge in [-0.05, 0) is 43.4 Å². The van der Waals surface area contributed by atoms with E-state index in [2.05, 4.69) is 33.2 Å². The summed E-state index contributed by atoms with van der Waals surface area (Å²) < 4.78 is 21.4. The van der Waals surface area contributed by atoms with Crippen LogP contribution in [-0.2, 0) is 25.0 Å². The molecule has 0 saturated carbocycles. The summed E-state index contributed by atoms with van der Waals surface area (Å²) in [4.78, 5) is 22.1. The van der Waals surface area contributed by atoms with Crippen molar-refractivity contribution in [2.24, 2.45) is 0 Å². The van der Waals surface area contributed by atoms with Crippen molar-refractivity contribution >= 4 is 15.1 Å². The maximum absolute atomic E-state index is 10.8. The maximum Gasteiger partial charge on any atom is 0.329 e. The van der Waals surface area contributed by atoms with Crippen LogP contribution in [0.15, 0.2) is 24.3 Å². The zero-order chi connectivity index (χ0) is 26.3. The molecule has 0 spiro atoms. The summed E-state index contributed by atoms with van der Waals surface area (Å²) in [6.45, 7) is 4.29. The lowest BCUT2D eigenvalue weighted by atomic mass is 10.0. The number of hydrogen-bond donors (Lipinski definition) is 2. The third-order valence-corrected chi connectivity index (χ3v) is 6.84. The number of carbonyl (C=O) groups is 1. The second-order valence-electron chi connectivity index (χ2n) is 9.77. The van der Waals surface area contributed by atoms with Crippen molar-refractivity contribution < 1.29 is 33.1 Å². The molecule has 7 nitrogen and oxygen atoms in total. The van der Waals surface area contributed by atoms with Crippen molar-refractivity contribution in [3.8, 4) is 5.75 Å². The molecule has 0 amide bonds. The topological polar surface area (TPSA) is 78.7 Å². The second-order valence-corrected chi connectivity index (χ2v) is 10.8. The molecule has 2 N–H and O–H groups in total. The molecule has 0 fully saturated rings. The Hall–Kier alpha value is -1.24. The van der Waals surface area contributed by atoms with Gasteiger partial charge in [-0.2, -0.15) is 0 Å². The van der Waals surface area contributed by atoms with Crippen molar-refractivity contribution in [2.75, 3.05) is 40.5 Å². The van der Waals surface area contributed by atoms with Crippen molar-refractivity contribution in [3.05, 3.63) is 29.8 Å². The Bertz CT molecular complexity index is 631. The van der Waals surface area contributed by atoms with Crippen molar-refractivity contribution in [1.29, 1.82) is 0 Å². The maximum atomic E-state index is 10.8. The largest absolute Gasteiger partial charge is 0.490 e. The molecule has 0 saturated heterocycles. The van der Waals surface area contributed by atoms with Gasteiger partial charge in [0.25, 0.3) is 6.47 Å². The quantitative estimate of drug-likeness (QED) is 0.103. The highest BCUT2D eigenvalue weighted by Crippen LogP contribution is 2.33. The molecule has 36 heavy (non-hydrogen) atoms. The molecule has 0 aliphatic carbocycles. The fraction of sp³-hybridized carbons (Fsp3) is 0.750. The van der Waals surface area contributed by atoms with Crippen LogP contribution < -0.4 is 9.64 Å². The molecule has 2 unspecified atom stereocenters. The number of ether oxygens (including phenoxy) is 2. The van der Waals surface area contributed by atoms with E-state index in [-0.39, 0.29) is 13.2 Å². The van der Waals surface area contributed by atoms with E-state index in [1.165, 1.54) is 74.7 Å². The molecule has 8 heteroatoms. The van der Waals surface area contributed by atoms with Crippen LogP contribution >= 0.6 is 8.60 Å². The third kappa shape index (κ3) is 18.9. The third-order valence-electron chi connectivity index (χ3n) is 6.07. The van der Waals surface area contributed by atoms with E-state index in [0.29, 0.717) is 18.8 Å². The first-order valence-corrected chi connectivity index (χ1v) is 15.0. The number of carbonyl (C=O) groups excluding carboxylic acids is 1. The molecule has 0 bridgehead atoms. The van der Waals surface area contributed by atoms with Crippen LogP contribution in [0.3, 0.4) is 0 Å². The summed E-state index contributed by atoms with van der Waals surface area (Å²) in [6, 6.07) is 8.07. The lowest BCUT2D eigenvalue weighted by Crippen LogP contribution is -3.05. The molecule has 0 aliphatic rings. The van der Waals surface area contributed by atoms with Gasteiger partial charge in [-0.25, -0.2) is 0 Å². The minimum absolute atomic E-state index is 0.0135. The van der Waals surface area contributed by atoms with Gasteiger partial charge in [-0.15, -0.1) is 0 Å². The van der Waals surface area contributed by atoms with E-state index in [1.54, 1.807) is 0 Å². The number of unbranched alkanes of at least 4 members (excludes halogenated alkanes) is 10. The highest BCUT2D eigenvalue weighted by Gasteiger charge is 2.16. The van der Waals surface area contributed by atoms with Crippen LogP contribution in [0.1, 0.15) is 89.5 Å². The molecule has 2 atom stereocenters. The van der Waals surface area contributed by atoms with Crippen LogP contribution in [0.5, 0.6) is 5.75 Å². The molecule has 0 aliphatic heterocycles. The molecule has 1 rings (SSSR count). The van der Waals surface area contributed by atoms with E-state index in [1.807, 2.05) is 12.1 Å². The summed E-state index contributed by atoms with van der Waals surface area (Å²) >= 11 is 0. The predicted molar refractivity (Wildman–Crippen MR) is 146 cm³/mol.